The fourth-order valence-corrected chi connectivity index (χ4v) is 4.33. The number of benzene rings is 2. The Morgan fingerprint density at radius 1 is 1.03 bits per heavy atom. The number of carbonyl (C=O) groups excluding carboxylic acids is 1. The van der Waals surface area contributed by atoms with Crippen molar-refractivity contribution in [3.8, 4) is 22.1 Å². The Morgan fingerprint density at radius 3 is 2.57 bits per heavy atom. The second-order valence-corrected chi connectivity index (χ2v) is 8.16. The molecule has 0 N–H and O–H groups in total. The number of rotatable bonds is 3. The Kier molecular flexibility index (Phi) is 4.80. The smallest absolute Gasteiger partial charge is 0.254 e. The molecule has 30 heavy (non-hydrogen) atoms. The van der Waals surface area contributed by atoms with Crippen LogP contribution >= 0.6 is 22.9 Å². The number of hydrogen-bond acceptors (Lipinski definition) is 5. The fraction of sp³-hybridized carbons (Fsp3) is 0.143. The van der Waals surface area contributed by atoms with Crippen LogP contribution in [0.5, 0.6) is 0 Å². The first-order valence-corrected chi connectivity index (χ1v) is 10.5. The van der Waals surface area contributed by atoms with E-state index in [-0.39, 0.29) is 11.7 Å². The van der Waals surface area contributed by atoms with Crippen molar-refractivity contribution in [1.82, 2.24) is 24.6 Å². The fourth-order valence-electron chi connectivity index (χ4n) is 3.40. The Balaban J connectivity index is 1.37. The third kappa shape index (κ3) is 3.48. The third-order valence-corrected chi connectivity index (χ3v) is 6.10. The minimum absolute atomic E-state index is 0.149. The number of carbonyl (C=O) groups is 1. The van der Waals surface area contributed by atoms with Crippen LogP contribution in [0, 0.1) is 5.82 Å². The molecule has 2 aromatic heterocycles. The standard InChI is InChI=1S/C21H15ClFN5OS/c22-15-5-1-13(2-6-15)20-24-17(12-30-20)19-26-25-18-11-27(9-10-28(18)19)21(29)14-3-7-16(23)8-4-14/h1-8,12H,9-11H2. The summed E-state index contributed by atoms with van der Waals surface area (Å²) in [5.41, 5.74) is 2.20. The summed E-state index contributed by atoms with van der Waals surface area (Å²) in [6.45, 7) is 1.43. The van der Waals surface area contributed by atoms with E-state index in [1.54, 1.807) is 4.90 Å². The Morgan fingerprint density at radius 2 is 1.80 bits per heavy atom. The minimum Gasteiger partial charge on any atom is -0.329 e. The van der Waals surface area contributed by atoms with Gasteiger partial charge < -0.3 is 9.47 Å². The van der Waals surface area contributed by atoms with Crippen LogP contribution < -0.4 is 0 Å². The molecule has 3 heterocycles. The van der Waals surface area contributed by atoms with Gasteiger partial charge in [0.25, 0.3) is 5.91 Å². The van der Waals surface area contributed by atoms with Gasteiger partial charge >= 0.3 is 0 Å². The lowest BCUT2D eigenvalue weighted by atomic mass is 10.2. The second-order valence-electron chi connectivity index (χ2n) is 6.87. The highest BCUT2D eigenvalue weighted by molar-refractivity contribution is 7.13. The van der Waals surface area contributed by atoms with Crippen LogP contribution in [0.25, 0.3) is 22.1 Å². The summed E-state index contributed by atoms with van der Waals surface area (Å²) in [6.07, 6.45) is 0. The van der Waals surface area contributed by atoms with Gasteiger partial charge in [-0.05, 0) is 36.4 Å². The van der Waals surface area contributed by atoms with Gasteiger partial charge in [0, 0.05) is 34.6 Å². The number of thiazole rings is 1. The van der Waals surface area contributed by atoms with Crippen molar-refractivity contribution in [3.63, 3.8) is 0 Å². The lowest BCUT2D eigenvalue weighted by Gasteiger charge is -2.27. The maximum absolute atomic E-state index is 13.1. The van der Waals surface area contributed by atoms with Crippen molar-refractivity contribution in [1.29, 1.82) is 0 Å². The maximum atomic E-state index is 13.1. The van der Waals surface area contributed by atoms with Gasteiger partial charge in [0.05, 0.1) is 6.54 Å². The van der Waals surface area contributed by atoms with Gasteiger partial charge in [-0.3, -0.25) is 4.79 Å². The predicted molar refractivity (Wildman–Crippen MR) is 113 cm³/mol. The third-order valence-electron chi connectivity index (χ3n) is 4.96. The van der Waals surface area contributed by atoms with Crippen molar-refractivity contribution in [2.24, 2.45) is 0 Å². The molecule has 5 rings (SSSR count). The van der Waals surface area contributed by atoms with Gasteiger partial charge in [-0.2, -0.15) is 0 Å². The van der Waals surface area contributed by atoms with Crippen LogP contribution in [0.1, 0.15) is 16.2 Å². The van der Waals surface area contributed by atoms with Gasteiger partial charge in [0.1, 0.15) is 16.5 Å². The molecule has 0 atom stereocenters. The minimum atomic E-state index is -0.365. The molecule has 0 unspecified atom stereocenters. The van der Waals surface area contributed by atoms with Gasteiger partial charge in [-0.15, -0.1) is 21.5 Å². The number of aromatic nitrogens is 4. The lowest BCUT2D eigenvalue weighted by molar-refractivity contribution is 0.0708. The van der Waals surface area contributed by atoms with Crippen LogP contribution in [0.4, 0.5) is 4.39 Å². The Hall–Kier alpha value is -3.10. The van der Waals surface area contributed by atoms with Crippen LogP contribution in [-0.4, -0.2) is 37.1 Å². The van der Waals surface area contributed by atoms with E-state index in [1.807, 2.05) is 34.2 Å². The molecule has 1 aliphatic rings. The largest absolute Gasteiger partial charge is 0.329 e. The van der Waals surface area contributed by atoms with Gasteiger partial charge in [0.2, 0.25) is 0 Å². The molecule has 0 saturated carbocycles. The molecule has 1 aliphatic heterocycles. The maximum Gasteiger partial charge on any atom is 0.254 e. The zero-order valence-corrected chi connectivity index (χ0v) is 17.2. The number of nitrogens with zero attached hydrogens (tertiary/aromatic N) is 5. The molecule has 1 amide bonds. The summed E-state index contributed by atoms with van der Waals surface area (Å²) in [4.78, 5) is 19.1. The van der Waals surface area contributed by atoms with E-state index < -0.39 is 0 Å². The monoisotopic (exact) mass is 439 g/mol. The van der Waals surface area contributed by atoms with Gasteiger partial charge in [-0.25, -0.2) is 9.37 Å². The quantitative estimate of drug-likeness (QED) is 0.471. The van der Waals surface area contributed by atoms with Crippen molar-refractivity contribution in [2.75, 3.05) is 6.54 Å². The molecule has 2 aromatic carbocycles. The highest BCUT2D eigenvalue weighted by Crippen LogP contribution is 2.30. The first-order valence-electron chi connectivity index (χ1n) is 9.27. The van der Waals surface area contributed by atoms with Crippen molar-refractivity contribution >= 4 is 28.8 Å². The molecule has 0 saturated heterocycles. The zero-order valence-electron chi connectivity index (χ0n) is 15.6. The summed E-state index contributed by atoms with van der Waals surface area (Å²) in [7, 11) is 0. The first-order chi connectivity index (χ1) is 14.6. The van der Waals surface area contributed by atoms with E-state index in [2.05, 4.69) is 10.2 Å². The average molecular weight is 440 g/mol. The van der Waals surface area contributed by atoms with Crippen LogP contribution in [-0.2, 0) is 13.1 Å². The highest BCUT2D eigenvalue weighted by Gasteiger charge is 2.26. The van der Waals surface area contributed by atoms with Gasteiger partial charge in [0.15, 0.2) is 11.6 Å². The molecular weight excluding hydrogens is 425 g/mol. The molecule has 0 radical (unpaired) electrons. The molecule has 0 spiro atoms. The van der Waals surface area contributed by atoms with E-state index in [9.17, 15) is 9.18 Å². The predicted octanol–water partition coefficient (Wildman–Crippen LogP) is 4.52. The van der Waals surface area contributed by atoms with E-state index >= 15 is 0 Å². The molecule has 0 fully saturated rings. The number of halogens is 2. The average Bonchev–Trinajstić information content (AvgIpc) is 3.41. The molecule has 9 heteroatoms. The van der Waals surface area contributed by atoms with Gasteiger partial charge in [-0.1, -0.05) is 23.7 Å². The molecule has 6 nitrogen and oxygen atoms in total. The van der Waals surface area contributed by atoms with Crippen LogP contribution in [0.15, 0.2) is 53.9 Å². The van der Waals surface area contributed by atoms with Crippen LogP contribution in [0.2, 0.25) is 5.02 Å². The van der Waals surface area contributed by atoms with E-state index in [1.165, 1.54) is 35.6 Å². The normalized spacial score (nSPS) is 13.3. The number of hydrogen-bond donors (Lipinski definition) is 0. The highest BCUT2D eigenvalue weighted by atomic mass is 35.5. The van der Waals surface area contributed by atoms with Crippen molar-refractivity contribution < 1.29 is 9.18 Å². The summed E-state index contributed by atoms with van der Waals surface area (Å²) >= 11 is 7.49. The summed E-state index contributed by atoms with van der Waals surface area (Å²) in [6, 6.07) is 13.1. The van der Waals surface area contributed by atoms with Crippen LogP contribution in [0.3, 0.4) is 0 Å². The van der Waals surface area contributed by atoms with Crippen molar-refractivity contribution in [3.05, 3.63) is 76.1 Å². The Bertz CT molecular complexity index is 1220. The summed E-state index contributed by atoms with van der Waals surface area (Å²) in [5.74, 6) is 0.878. The first kappa shape index (κ1) is 18.9. The second kappa shape index (κ2) is 7.62. The van der Waals surface area contributed by atoms with Crippen molar-refractivity contribution in [2.45, 2.75) is 13.1 Å². The zero-order chi connectivity index (χ0) is 20.7. The number of fused-ring (bicyclic) bond motifs is 1. The number of amides is 1. The SMILES string of the molecule is O=C(c1ccc(F)cc1)N1CCn2c(nnc2-c2csc(-c3ccc(Cl)cc3)n2)C1. The Labute approximate surface area is 180 Å². The molecule has 150 valence electrons. The molecule has 4 aromatic rings. The summed E-state index contributed by atoms with van der Waals surface area (Å²) < 4.78 is 15.1. The van der Waals surface area contributed by atoms with E-state index in [0.717, 1.165) is 16.3 Å². The topological polar surface area (TPSA) is 63.9 Å². The molecule has 0 aliphatic carbocycles. The van der Waals surface area contributed by atoms with E-state index in [0.29, 0.717) is 41.9 Å². The molecular formula is C21H15ClFN5OS. The molecule has 0 bridgehead atoms. The van der Waals surface area contributed by atoms with E-state index in [4.69, 9.17) is 16.6 Å². The lowest BCUT2D eigenvalue weighted by Crippen LogP contribution is -2.38. The summed E-state index contributed by atoms with van der Waals surface area (Å²) in [5, 5.41) is 12.1.